The van der Waals surface area contributed by atoms with E-state index < -0.39 is 29.5 Å². The van der Waals surface area contributed by atoms with Crippen LogP contribution < -0.4 is 5.32 Å². The maximum Gasteiger partial charge on any atom is 0.422 e. The SMILES string of the molecule is CC(NC(=O)C1CCCC1)(C(=O)O)C(F)(F)F. The van der Waals surface area contributed by atoms with Gasteiger partial charge in [0.2, 0.25) is 11.4 Å². The Morgan fingerprint density at radius 2 is 1.71 bits per heavy atom. The highest BCUT2D eigenvalue weighted by Gasteiger charge is 2.58. The number of carbonyl (C=O) groups is 2. The summed E-state index contributed by atoms with van der Waals surface area (Å²) in [5, 5.41) is 10.2. The van der Waals surface area contributed by atoms with Crippen LogP contribution in [0.2, 0.25) is 0 Å². The van der Waals surface area contributed by atoms with Crippen LogP contribution in [0.15, 0.2) is 0 Å². The zero-order valence-electron chi connectivity index (χ0n) is 9.30. The molecule has 1 saturated carbocycles. The molecule has 0 aromatic rings. The molecule has 17 heavy (non-hydrogen) atoms. The number of carboxylic acids is 1. The second-order valence-electron chi connectivity index (χ2n) is 4.40. The number of amides is 1. The van der Waals surface area contributed by atoms with Gasteiger partial charge < -0.3 is 10.4 Å². The van der Waals surface area contributed by atoms with Crippen molar-refractivity contribution in [3.63, 3.8) is 0 Å². The molecule has 98 valence electrons. The minimum absolute atomic E-state index is 0.461. The average Bonchev–Trinajstić information content (AvgIpc) is 2.67. The van der Waals surface area contributed by atoms with Crippen LogP contribution >= 0.6 is 0 Å². The van der Waals surface area contributed by atoms with Gasteiger partial charge in [-0.2, -0.15) is 13.2 Å². The van der Waals surface area contributed by atoms with Crippen molar-refractivity contribution in [3.05, 3.63) is 0 Å². The molecule has 0 bridgehead atoms. The molecule has 1 rings (SSSR count). The maximum absolute atomic E-state index is 12.6. The van der Waals surface area contributed by atoms with Gasteiger partial charge in [0.15, 0.2) is 0 Å². The van der Waals surface area contributed by atoms with E-state index >= 15 is 0 Å². The van der Waals surface area contributed by atoms with Crippen molar-refractivity contribution in [2.24, 2.45) is 5.92 Å². The number of nitrogens with one attached hydrogen (secondary N) is 1. The van der Waals surface area contributed by atoms with E-state index in [-0.39, 0.29) is 0 Å². The quantitative estimate of drug-likeness (QED) is 0.804. The first-order chi connectivity index (χ1) is 7.68. The number of carbonyl (C=O) groups excluding carboxylic acids is 1. The second kappa shape index (κ2) is 4.54. The van der Waals surface area contributed by atoms with Gasteiger partial charge in [0.05, 0.1) is 0 Å². The predicted octanol–water partition coefficient (Wildman–Crippen LogP) is 1.70. The molecule has 0 aromatic carbocycles. The van der Waals surface area contributed by atoms with Gasteiger partial charge in [0.25, 0.3) is 0 Å². The third-order valence-electron chi connectivity index (χ3n) is 3.09. The van der Waals surface area contributed by atoms with Crippen LogP contribution in [0.1, 0.15) is 32.6 Å². The number of halogens is 3. The van der Waals surface area contributed by atoms with Gasteiger partial charge in [0.1, 0.15) is 0 Å². The van der Waals surface area contributed by atoms with Crippen LogP contribution in [0.25, 0.3) is 0 Å². The van der Waals surface area contributed by atoms with E-state index in [9.17, 15) is 22.8 Å². The molecular formula is C10H14F3NO3. The molecule has 0 aliphatic heterocycles. The zero-order valence-corrected chi connectivity index (χ0v) is 9.30. The van der Waals surface area contributed by atoms with E-state index in [0.29, 0.717) is 19.8 Å². The second-order valence-corrected chi connectivity index (χ2v) is 4.40. The number of hydrogen-bond donors (Lipinski definition) is 2. The van der Waals surface area contributed by atoms with E-state index in [1.54, 1.807) is 5.32 Å². The summed E-state index contributed by atoms with van der Waals surface area (Å²) in [4.78, 5) is 22.2. The Bertz CT molecular complexity index is 323. The first-order valence-electron chi connectivity index (χ1n) is 5.30. The predicted molar refractivity (Wildman–Crippen MR) is 52.2 cm³/mol. The van der Waals surface area contributed by atoms with Crippen LogP contribution in [0, 0.1) is 5.92 Å². The molecule has 0 saturated heterocycles. The van der Waals surface area contributed by atoms with Crippen molar-refractivity contribution in [2.45, 2.75) is 44.3 Å². The standard InChI is InChI=1S/C10H14F3NO3/c1-9(8(16)17,10(11,12)13)14-7(15)6-4-2-3-5-6/h6H,2-5H2,1H3,(H,14,15)(H,16,17). The molecule has 1 aliphatic rings. The van der Waals surface area contributed by atoms with Crippen molar-refractivity contribution < 1.29 is 27.9 Å². The van der Waals surface area contributed by atoms with Gasteiger partial charge in [-0.05, 0) is 19.8 Å². The van der Waals surface area contributed by atoms with Gasteiger partial charge in [-0.1, -0.05) is 12.8 Å². The minimum atomic E-state index is -5.02. The molecular weight excluding hydrogens is 239 g/mol. The lowest BCUT2D eigenvalue weighted by atomic mass is 9.99. The van der Waals surface area contributed by atoms with E-state index in [0.717, 1.165) is 12.8 Å². The number of rotatable bonds is 3. The van der Waals surface area contributed by atoms with E-state index in [2.05, 4.69) is 0 Å². The lowest BCUT2D eigenvalue weighted by molar-refractivity contribution is -0.207. The molecule has 0 heterocycles. The minimum Gasteiger partial charge on any atom is -0.479 e. The summed E-state index contributed by atoms with van der Waals surface area (Å²) < 4.78 is 37.8. The number of alkyl halides is 3. The molecule has 0 aromatic heterocycles. The third-order valence-corrected chi connectivity index (χ3v) is 3.09. The fourth-order valence-electron chi connectivity index (χ4n) is 1.78. The lowest BCUT2D eigenvalue weighted by Crippen LogP contribution is -2.62. The van der Waals surface area contributed by atoms with Gasteiger partial charge in [-0.3, -0.25) is 4.79 Å². The Hall–Kier alpha value is -1.27. The van der Waals surface area contributed by atoms with E-state index in [4.69, 9.17) is 5.11 Å². The Kier molecular flexibility index (Phi) is 3.68. The Labute approximate surface area is 96.2 Å². The average molecular weight is 253 g/mol. The highest BCUT2D eigenvalue weighted by atomic mass is 19.4. The van der Waals surface area contributed by atoms with Crippen LogP contribution in [-0.2, 0) is 9.59 Å². The van der Waals surface area contributed by atoms with Crippen molar-refractivity contribution in [2.75, 3.05) is 0 Å². The van der Waals surface area contributed by atoms with Gasteiger partial charge in [-0.15, -0.1) is 0 Å². The van der Waals surface area contributed by atoms with Crippen molar-refractivity contribution in [3.8, 4) is 0 Å². The van der Waals surface area contributed by atoms with Crippen LogP contribution in [-0.4, -0.2) is 28.7 Å². The molecule has 4 nitrogen and oxygen atoms in total. The van der Waals surface area contributed by atoms with Crippen LogP contribution in [0.3, 0.4) is 0 Å². The first kappa shape index (κ1) is 13.8. The van der Waals surface area contributed by atoms with E-state index in [1.807, 2.05) is 0 Å². The van der Waals surface area contributed by atoms with Crippen molar-refractivity contribution in [1.82, 2.24) is 5.32 Å². The molecule has 1 atom stereocenters. The largest absolute Gasteiger partial charge is 0.479 e. The normalized spacial score (nSPS) is 20.9. The first-order valence-corrected chi connectivity index (χ1v) is 5.30. The van der Waals surface area contributed by atoms with Crippen molar-refractivity contribution in [1.29, 1.82) is 0 Å². The molecule has 7 heteroatoms. The smallest absolute Gasteiger partial charge is 0.422 e. The summed E-state index contributed by atoms with van der Waals surface area (Å²) in [6, 6.07) is 0. The molecule has 0 radical (unpaired) electrons. The molecule has 1 amide bonds. The summed E-state index contributed by atoms with van der Waals surface area (Å²) in [6.07, 6.45) is -2.42. The fraction of sp³-hybridized carbons (Fsp3) is 0.800. The van der Waals surface area contributed by atoms with Gasteiger partial charge in [-0.25, -0.2) is 4.79 Å². The molecule has 1 fully saturated rings. The summed E-state index contributed by atoms with van der Waals surface area (Å²) in [7, 11) is 0. The maximum atomic E-state index is 12.6. The Morgan fingerprint density at radius 3 is 2.06 bits per heavy atom. The monoisotopic (exact) mass is 253 g/mol. The number of hydrogen-bond acceptors (Lipinski definition) is 2. The van der Waals surface area contributed by atoms with Gasteiger partial charge in [0, 0.05) is 5.92 Å². The lowest BCUT2D eigenvalue weighted by Gasteiger charge is -2.29. The number of carboxylic acid groups (broad SMARTS) is 1. The third kappa shape index (κ3) is 2.70. The molecule has 1 unspecified atom stereocenters. The fourth-order valence-corrected chi connectivity index (χ4v) is 1.78. The van der Waals surface area contributed by atoms with Crippen LogP contribution in [0.4, 0.5) is 13.2 Å². The summed E-state index contributed by atoms with van der Waals surface area (Å²) in [6.45, 7) is 0.461. The summed E-state index contributed by atoms with van der Waals surface area (Å²) in [5.74, 6) is -3.43. The molecule has 1 aliphatic carbocycles. The number of aliphatic carboxylic acids is 1. The highest BCUT2D eigenvalue weighted by Crippen LogP contribution is 2.32. The Balaban J connectivity index is 2.80. The summed E-state index contributed by atoms with van der Waals surface area (Å²) in [5.41, 5.74) is -3.22. The zero-order chi connectivity index (χ0) is 13.3. The highest BCUT2D eigenvalue weighted by molar-refractivity contribution is 5.88. The molecule has 0 spiro atoms. The van der Waals surface area contributed by atoms with Crippen LogP contribution in [0.5, 0.6) is 0 Å². The topological polar surface area (TPSA) is 66.4 Å². The summed E-state index contributed by atoms with van der Waals surface area (Å²) >= 11 is 0. The van der Waals surface area contributed by atoms with Crippen molar-refractivity contribution >= 4 is 11.9 Å². The molecule has 2 N–H and O–H groups in total. The van der Waals surface area contributed by atoms with E-state index in [1.165, 1.54) is 0 Å². The van der Waals surface area contributed by atoms with Gasteiger partial charge >= 0.3 is 12.1 Å². The Morgan fingerprint density at radius 1 is 1.24 bits per heavy atom.